The molecule has 1 N–H and O–H groups in total. The van der Waals surface area contributed by atoms with E-state index < -0.39 is 0 Å². The van der Waals surface area contributed by atoms with E-state index in [1.54, 1.807) is 0 Å². The molecular weight excluding hydrogens is 210 g/mol. The van der Waals surface area contributed by atoms with E-state index in [0.717, 1.165) is 17.0 Å². The van der Waals surface area contributed by atoms with Crippen LogP contribution in [0, 0.1) is 0 Å². The molecule has 0 bridgehead atoms. The van der Waals surface area contributed by atoms with Gasteiger partial charge in [0, 0.05) is 11.8 Å². The van der Waals surface area contributed by atoms with Crippen molar-refractivity contribution in [1.82, 2.24) is 15.0 Å². The molecule has 0 fully saturated rings. The fourth-order valence-electron chi connectivity index (χ4n) is 1.58. The molecule has 0 aliphatic heterocycles. The zero-order valence-corrected chi connectivity index (χ0v) is 9.42. The molecule has 3 nitrogen and oxygen atoms in total. The van der Waals surface area contributed by atoms with E-state index in [1.165, 1.54) is 6.33 Å². The summed E-state index contributed by atoms with van der Waals surface area (Å²) < 4.78 is 0. The van der Waals surface area contributed by atoms with Crippen molar-refractivity contribution in [3.63, 3.8) is 0 Å². The van der Waals surface area contributed by atoms with Gasteiger partial charge in [0.15, 0.2) is 0 Å². The van der Waals surface area contributed by atoms with Gasteiger partial charge >= 0.3 is 0 Å². The highest BCUT2D eigenvalue weighted by molar-refractivity contribution is 6.30. The summed E-state index contributed by atoms with van der Waals surface area (Å²) in [7, 11) is 0. The number of aromatic amines is 1. The zero-order chi connectivity index (χ0) is 10.8. The third-order valence-corrected chi connectivity index (χ3v) is 2.57. The van der Waals surface area contributed by atoms with E-state index in [1.807, 2.05) is 18.3 Å². The minimum atomic E-state index is 0.303. The molecule has 2 heterocycles. The van der Waals surface area contributed by atoms with Gasteiger partial charge < -0.3 is 4.98 Å². The van der Waals surface area contributed by atoms with Crippen molar-refractivity contribution in [2.24, 2.45) is 0 Å². The van der Waals surface area contributed by atoms with Crippen LogP contribution in [0.5, 0.6) is 0 Å². The molecule has 0 saturated carbocycles. The number of hydrogen-bond acceptors (Lipinski definition) is 2. The third kappa shape index (κ3) is 1.88. The van der Waals surface area contributed by atoms with Crippen molar-refractivity contribution < 1.29 is 0 Å². The summed E-state index contributed by atoms with van der Waals surface area (Å²) in [6, 6.07) is 3.92. The summed E-state index contributed by atoms with van der Waals surface area (Å²) in [5, 5.41) is 0.532. The maximum atomic E-state index is 6.08. The highest BCUT2D eigenvalue weighted by Gasteiger charge is 2.14. The fourth-order valence-corrected chi connectivity index (χ4v) is 1.93. The Morgan fingerprint density at radius 3 is 2.73 bits per heavy atom. The maximum absolute atomic E-state index is 6.08. The van der Waals surface area contributed by atoms with Gasteiger partial charge in [-0.1, -0.05) is 25.4 Å². The minimum Gasteiger partial charge on any atom is -0.360 e. The van der Waals surface area contributed by atoms with Gasteiger partial charge in [0.2, 0.25) is 0 Å². The lowest BCUT2D eigenvalue weighted by atomic mass is 10.0. The molecule has 0 unspecified atom stereocenters. The molecule has 0 amide bonds. The van der Waals surface area contributed by atoms with Crippen LogP contribution in [0.25, 0.3) is 11.4 Å². The molecule has 0 atom stereocenters. The SMILES string of the molecule is CC(C)c1c(Cl)ncnc1-c1ccc[nH]1. The number of nitrogens with one attached hydrogen (secondary N) is 1. The van der Waals surface area contributed by atoms with Crippen LogP contribution in [0.15, 0.2) is 24.7 Å². The number of halogens is 1. The Labute approximate surface area is 93.5 Å². The van der Waals surface area contributed by atoms with Gasteiger partial charge in [-0.25, -0.2) is 9.97 Å². The van der Waals surface area contributed by atoms with E-state index in [0.29, 0.717) is 11.1 Å². The molecule has 15 heavy (non-hydrogen) atoms. The second kappa shape index (κ2) is 4.03. The van der Waals surface area contributed by atoms with Gasteiger partial charge in [-0.05, 0) is 18.1 Å². The van der Waals surface area contributed by atoms with Gasteiger partial charge in [-0.15, -0.1) is 0 Å². The molecule has 2 rings (SSSR count). The molecular formula is C11H12ClN3. The molecule has 2 aromatic rings. The molecule has 4 heteroatoms. The highest BCUT2D eigenvalue weighted by atomic mass is 35.5. The van der Waals surface area contributed by atoms with Crippen LogP contribution in [0.3, 0.4) is 0 Å². The minimum absolute atomic E-state index is 0.303. The Bertz CT molecular complexity index is 449. The number of hydrogen-bond donors (Lipinski definition) is 1. The van der Waals surface area contributed by atoms with Crippen molar-refractivity contribution in [2.75, 3.05) is 0 Å². The normalized spacial score (nSPS) is 10.9. The molecule has 0 spiro atoms. The largest absolute Gasteiger partial charge is 0.360 e. The summed E-state index contributed by atoms with van der Waals surface area (Å²) >= 11 is 6.08. The van der Waals surface area contributed by atoms with Gasteiger partial charge in [0.25, 0.3) is 0 Å². The summed E-state index contributed by atoms with van der Waals surface area (Å²) in [5.74, 6) is 0.303. The predicted octanol–water partition coefficient (Wildman–Crippen LogP) is 3.25. The first-order valence-corrected chi connectivity index (χ1v) is 5.22. The van der Waals surface area contributed by atoms with Gasteiger partial charge in [0.1, 0.15) is 11.5 Å². The standard InChI is InChI=1S/C11H12ClN3/c1-7(2)9-10(8-4-3-5-13-8)14-6-15-11(9)12/h3-7,13H,1-2H3. The van der Waals surface area contributed by atoms with Crippen molar-refractivity contribution in [3.05, 3.63) is 35.4 Å². The average molecular weight is 222 g/mol. The van der Waals surface area contributed by atoms with Crippen LogP contribution in [0.1, 0.15) is 25.3 Å². The Morgan fingerprint density at radius 1 is 1.33 bits per heavy atom. The second-order valence-corrected chi connectivity index (χ2v) is 4.02. The third-order valence-electron chi connectivity index (χ3n) is 2.27. The Hall–Kier alpha value is -1.35. The first-order valence-electron chi connectivity index (χ1n) is 4.84. The lowest BCUT2D eigenvalue weighted by Gasteiger charge is -2.11. The Balaban J connectivity index is 2.61. The van der Waals surface area contributed by atoms with Gasteiger partial charge in [0.05, 0.1) is 11.4 Å². The number of H-pyrrole nitrogens is 1. The lowest BCUT2D eigenvalue weighted by Crippen LogP contribution is -1.98. The number of aromatic nitrogens is 3. The molecule has 78 valence electrons. The van der Waals surface area contributed by atoms with Crippen molar-refractivity contribution in [2.45, 2.75) is 19.8 Å². The van der Waals surface area contributed by atoms with E-state index in [2.05, 4.69) is 28.8 Å². The Morgan fingerprint density at radius 2 is 2.13 bits per heavy atom. The number of rotatable bonds is 2. The zero-order valence-electron chi connectivity index (χ0n) is 8.66. The first-order chi connectivity index (χ1) is 7.20. The van der Waals surface area contributed by atoms with E-state index in [4.69, 9.17) is 11.6 Å². The van der Waals surface area contributed by atoms with E-state index >= 15 is 0 Å². The molecule has 0 aromatic carbocycles. The summed E-state index contributed by atoms with van der Waals surface area (Å²) in [4.78, 5) is 11.4. The highest BCUT2D eigenvalue weighted by Crippen LogP contribution is 2.30. The van der Waals surface area contributed by atoms with Crippen molar-refractivity contribution in [1.29, 1.82) is 0 Å². The first kappa shape index (κ1) is 10.2. The number of nitrogens with zero attached hydrogens (tertiary/aromatic N) is 2. The van der Waals surface area contributed by atoms with Crippen LogP contribution in [0.2, 0.25) is 5.15 Å². The molecule has 2 aromatic heterocycles. The smallest absolute Gasteiger partial charge is 0.136 e. The van der Waals surface area contributed by atoms with Crippen LogP contribution in [-0.2, 0) is 0 Å². The Kier molecular flexibility index (Phi) is 2.73. The summed E-state index contributed by atoms with van der Waals surface area (Å²) in [5.41, 5.74) is 2.85. The van der Waals surface area contributed by atoms with Crippen LogP contribution >= 0.6 is 11.6 Å². The van der Waals surface area contributed by atoms with Crippen LogP contribution in [0.4, 0.5) is 0 Å². The second-order valence-electron chi connectivity index (χ2n) is 3.67. The van der Waals surface area contributed by atoms with Crippen LogP contribution in [-0.4, -0.2) is 15.0 Å². The van der Waals surface area contributed by atoms with Crippen molar-refractivity contribution in [3.8, 4) is 11.4 Å². The van der Waals surface area contributed by atoms with Gasteiger partial charge in [-0.3, -0.25) is 0 Å². The fraction of sp³-hybridized carbons (Fsp3) is 0.273. The average Bonchev–Trinajstić information content (AvgIpc) is 2.69. The van der Waals surface area contributed by atoms with Crippen molar-refractivity contribution >= 4 is 11.6 Å². The van der Waals surface area contributed by atoms with Gasteiger partial charge in [-0.2, -0.15) is 0 Å². The maximum Gasteiger partial charge on any atom is 0.136 e. The molecule has 0 aliphatic rings. The molecule has 0 saturated heterocycles. The summed E-state index contributed by atoms with van der Waals surface area (Å²) in [6.45, 7) is 4.16. The molecule has 0 radical (unpaired) electrons. The topological polar surface area (TPSA) is 41.6 Å². The van der Waals surface area contributed by atoms with E-state index in [-0.39, 0.29) is 0 Å². The quantitative estimate of drug-likeness (QED) is 0.791. The monoisotopic (exact) mass is 221 g/mol. The molecule has 0 aliphatic carbocycles. The van der Waals surface area contributed by atoms with Crippen LogP contribution < -0.4 is 0 Å². The lowest BCUT2D eigenvalue weighted by molar-refractivity contribution is 0.848. The summed E-state index contributed by atoms with van der Waals surface area (Å²) in [6.07, 6.45) is 3.36. The van der Waals surface area contributed by atoms with E-state index in [9.17, 15) is 0 Å². The predicted molar refractivity (Wildman–Crippen MR) is 60.9 cm³/mol.